The van der Waals surface area contributed by atoms with Crippen molar-refractivity contribution in [2.75, 3.05) is 27.2 Å². The lowest BCUT2D eigenvalue weighted by molar-refractivity contribution is -0.140. The summed E-state index contributed by atoms with van der Waals surface area (Å²) in [6.45, 7) is 4.42. The van der Waals surface area contributed by atoms with Crippen LogP contribution in [0.2, 0.25) is 0 Å². The number of pyridine rings is 1. The standard InChI is InChI=1S/C19H23N5O3/c1-11-14(12(2)22-21-11)17(25)15-16(13-7-5-6-8-20-13)24(10-9-23(3)4)19(27)18(15)26/h5-8,16,25H,9-10H2,1-4H3,(H,21,22)/b17-15+. The van der Waals surface area contributed by atoms with Gasteiger partial charge in [0.25, 0.3) is 11.7 Å². The fourth-order valence-corrected chi connectivity index (χ4v) is 3.30. The molecule has 1 aliphatic heterocycles. The number of aryl methyl sites for hydroxylation is 2. The predicted octanol–water partition coefficient (Wildman–Crippen LogP) is 1.40. The number of carbonyl (C=O) groups is 2. The van der Waals surface area contributed by atoms with Gasteiger partial charge in [0, 0.05) is 25.0 Å². The normalized spacial score (nSPS) is 19.3. The molecule has 27 heavy (non-hydrogen) atoms. The molecule has 1 unspecified atom stereocenters. The highest BCUT2D eigenvalue weighted by molar-refractivity contribution is 6.46. The summed E-state index contributed by atoms with van der Waals surface area (Å²) in [4.78, 5) is 33.3. The van der Waals surface area contributed by atoms with Crippen LogP contribution in [-0.2, 0) is 9.59 Å². The third kappa shape index (κ3) is 3.35. The monoisotopic (exact) mass is 369 g/mol. The summed E-state index contributed by atoms with van der Waals surface area (Å²) in [5, 5.41) is 17.8. The molecule has 3 heterocycles. The third-order valence-corrected chi connectivity index (χ3v) is 4.66. The topological polar surface area (TPSA) is 102 Å². The van der Waals surface area contributed by atoms with Crippen LogP contribution in [0.3, 0.4) is 0 Å². The van der Waals surface area contributed by atoms with Crippen molar-refractivity contribution in [3.05, 3.63) is 52.6 Å². The Morgan fingerprint density at radius 1 is 1.30 bits per heavy atom. The molecule has 0 bridgehead atoms. The predicted molar refractivity (Wildman–Crippen MR) is 99.9 cm³/mol. The number of nitrogens with zero attached hydrogens (tertiary/aromatic N) is 4. The van der Waals surface area contributed by atoms with Crippen LogP contribution in [0.1, 0.15) is 28.7 Å². The first-order chi connectivity index (χ1) is 12.8. The molecule has 3 rings (SSSR count). The minimum atomic E-state index is -0.736. The van der Waals surface area contributed by atoms with Crippen molar-refractivity contribution in [1.82, 2.24) is 25.0 Å². The quantitative estimate of drug-likeness (QED) is 0.469. The Labute approximate surface area is 157 Å². The van der Waals surface area contributed by atoms with E-state index in [1.54, 1.807) is 38.2 Å². The van der Waals surface area contributed by atoms with Crippen molar-refractivity contribution in [2.24, 2.45) is 0 Å². The molecule has 0 spiro atoms. The Balaban J connectivity index is 2.17. The van der Waals surface area contributed by atoms with Crippen molar-refractivity contribution < 1.29 is 14.7 Å². The smallest absolute Gasteiger partial charge is 0.295 e. The molecule has 2 aromatic heterocycles. The molecule has 1 saturated heterocycles. The van der Waals surface area contributed by atoms with Gasteiger partial charge in [0.1, 0.15) is 11.8 Å². The van der Waals surface area contributed by atoms with Gasteiger partial charge < -0.3 is 14.9 Å². The first kappa shape index (κ1) is 18.8. The van der Waals surface area contributed by atoms with Crippen LogP contribution in [0, 0.1) is 13.8 Å². The van der Waals surface area contributed by atoms with Crippen LogP contribution in [-0.4, -0.2) is 69.0 Å². The summed E-state index contributed by atoms with van der Waals surface area (Å²) >= 11 is 0. The van der Waals surface area contributed by atoms with E-state index >= 15 is 0 Å². The molecular weight excluding hydrogens is 346 g/mol. The first-order valence-corrected chi connectivity index (χ1v) is 8.69. The number of aliphatic hydroxyl groups is 1. The number of hydrogen-bond donors (Lipinski definition) is 2. The summed E-state index contributed by atoms with van der Waals surface area (Å²) in [7, 11) is 3.79. The highest BCUT2D eigenvalue weighted by Crippen LogP contribution is 2.39. The maximum atomic E-state index is 12.8. The molecule has 1 atom stereocenters. The number of hydrogen-bond acceptors (Lipinski definition) is 6. The summed E-state index contributed by atoms with van der Waals surface area (Å²) in [5.74, 6) is -1.56. The number of amides is 1. The van der Waals surface area contributed by atoms with Crippen LogP contribution < -0.4 is 0 Å². The average molecular weight is 369 g/mol. The number of H-pyrrole nitrogens is 1. The fraction of sp³-hybridized carbons (Fsp3) is 0.368. The number of Topliss-reactive ketones (excluding diaryl/α,β-unsaturated/α-hetero) is 1. The molecule has 0 aromatic carbocycles. The molecule has 1 amide bonds. The Hall–Kier alpha value is -3.00. The highest BCUT2D eigenvalue weighted by atomic mass is 16.3. The first-order valence-electron chi connectivity index (χ1n) is 8.69. The van der Waals surface area contributed by atoms with Crippen LogP contribution in [0.4, 0.5) is 0 Å². The molecule has 8 nitrogen and oxygen atoms in total. The van der Waals surface area contributed by atoms with Crippen molar-refractivity contribution in [2.45, 2.75) is 19.9 Å². The van der Waals surface area contributed by atoms with Gasteiger partial charge in [-0.15, -0.1) is 0 Å². The molecule has 0 saturated carbocycles. The zero-order valence-electron chi connectivity index (χ0n) is 15.9. The summed E-state index contributed by atoms with van der Waals surface area (Å²) in [6.07, 6.45) is 1.61. The lowest BCUT2D eigenvalue weighted by atomic mass is 9.97. The Bertz CT molecular complexity index is 882. The van der Waals surface area contributed by atoms with Crippen molar-refractivity contribution >= 4 is 17.4 Å². The van der Waals surface area contributed by atoms with E-state index < -0.39 is 17.7 Å². The van der Waals surface area contributed by atoms with E-state index in [4.69, 9.17) is 0 Å². The number of ketones is 1. The van der Waals surface area contributed by atoms with Gasteiger partial charge in [0.2, 0.25) is 0 Å². The molecule has 0 aliphatic carbocycles. The van der Waals surface area contributed by atoms with Gasteiger partial charge >= 0.3 is 0 Å². The van der Waals surface area contributed by atoms with Gasteiger partial charge in [0.05, 0.1) is 22.5 Å². The molecular formula is C19H23N5O3. The van der Waals surface area contributed by atoms with Crippen LogP contribution in [0.25, 0.3) is 5.76 Å². The van der Waals surface area contributed by atoms with Gasteiger partial charge in [-0.05, 0) is 40.1 Å². The molecule has 142 valence electrons. The second-order valence-corrected chi connectivity index (χ2v) is 6.86. The number of aliphatic hydroxyl groups excluding tert-OH is 1. The van der Waals surface area contributed by atoms with E-state index in [1.165, 1.54) is 4.90 Å². The highest BCUT2D eigenvalue weighted by Gasteiger charge is 2.46. The second kappa shape index (κ2) is 7.32. The van der Waals surface area contributed by atoms with Gasteiger partial charge in [-0.1, -0.05) is 6.07 Å². The SMILES string of the molecule is Cc1n[nH]c(C)c1/C(O)=C1\C(=O)C(=O)N(CCN(C)C)C1c1ccccn1. The number of aromatic amines is 1. The van der Waals surface area contributed by atoms with Crippen molar-refractivity contribution in [3.63, 3.8) is 0 Å². The van der Waals surface area contributed by atoms with E-state index in [0.717, 1.165) is 0 Å². The Morgan fingerprint density at radius 2 is 2.04 bits per heavy atom. The zero-order valence-corrected chi connectivity index (χ0v) is 15.9. The second-order valence-electron chi connectivity index (χ2n) is 6.86. The molecule has 2 aromatic rings. The van der Waals surface area contributed by atoms with E-state index in [2.05, 4.69) is 15.2 Å². The molecule has 0 radical (unpaired) electrons. The number of nitrogens with one attached hydrogen (secondary N) is 1. The van der Waals surface area contributed by atoms with Gasteiger partial charge in [-0.25, -0.2) is 0 Å². The maximum Gasteiger partial charge on any atom is 0.295 e. The van der Waals surface area contributed by atoms with E-state index in [0.29, 0.717) is 35.7 Å². The summed E-state index contributed by atoms with van der Waals surface area (Å²) < 4.78 is 0. The van der Waals surface area contributed by atoms with Crippen LogP contribution >= 0.6 is 0 Å². The van der Waals surface area contributed by atoms with E-state index in [-0.39, 0.29) is 11.3 Å². The summed E-state index contributed by atoms with van der Waals surface area (Å²) in [5.41, 5.74) is 2.22. The molecule has 1 aliphatic rings. The minimum absolute atomic E-state index is 0.0463. The van der Waals surface area contributed by atoms with Crippen molar-refractivity contribution in [3.8, 4) is 0 Å². The lowest BCUT2D eigenvalue weighted by Crippen LogP contribution is -2.35. The number of aromatic nitrogens is 3. The maximum absolute atomic E-state index is 12.8. The third-order valence-electron chi connectivity index (χ3n) is 4.66. The molecule has 1 fully saturated rings. The molecule has 8 heteroatoms. The van der Waals surface area contributed by atoms with Gasteiger partial charge in [-0.2, -0.15) is 5.10 Å². The summed E-state index contributed by atoms with van der Waals surface area (Å²) in [6, 6.07) is 4.57. The van der Waals surface area contributed by atoms with Crippen molar-refractivity contribution in [1.29, 1.82) is 0 Å². The number of rotatable bonds is 5. The van der Waals surface area contributed by atoms with Crippen LogP contribution in [0.5, 0.6) is 0 Å². The number of carbonyl (C=O) groups excluding carboxylic acids is 2. The van der Waals surface area contributed by atoms with Gasteiger partial charge in [0.15, 0.2) is 0 Å². The Kier molecular flexibility index (Phi) is 5.09. The Morgan fingerprint density at radius 3 is 2.59 bits per heavy atom. The lowest BCUT2D eigenvalue weighted by Gasteiger charge is -2.25. The zero-order chi connectivity index (χ0) is 19.7. The largest absolute Gasteiger partial charge is 0.507 e. The van der Waals surface area contributed by atoms with E-state index in [9.17, 15) is 14.7 Å². The minimum Gasteiger partial charge on any atom is -0.507 e. The van der Waals surface area contributed by atoms with Crippen LogP contribution in [0.15, 0.2) is 30.0 Å². The average Bonchev–Trinajstić information content (AvgIpc) is 3.10. The fourth-order valence-electron chi connectivity index (χ4n) is 3.30. The number of likely N-dealkylation sites (N-methyl/N-ethyl adjacent to an activating group) is 1. The van der Waals surface area contributed by atoms with Gasteiger partial charge in [-0.3, -0.25) is 19.7 Å². The molecule has 2 N–H and O–H groups in total. The number of likely N-dealkylation sites (tertiary alicyclic amines) is 1. The van der Waals surface area contributed by atoms with E-state index in [1.807, 2.05) is 19.0 Å².